The number of fused-ring (bicyclic) bond motifs is 1. The van der Waals surface area contributed by atoms with Crippen LogP contribution in [0.1, 0.15) is 37.8 Å². The van der Waals surface area contributed by atoms with Gasteiger partial charge in [-0.1, -0.05) is 19.1 Å². The van der Waals surface area contributed by atoms with Gasteiger partial charge < -0.3 is 9.64 Å². The lowest BCUT2D eigenvalue weighted by atomic mass is 9.61. The molecule has 1 aliphatic carbocycles. The summed E-state index contributed by atoms with van der Waals surface area (Å²) in [4.78, 5) is 19.3. The molecule has 0 bridgehead atoms. The molecule has 0 radical (unpaired) electrons. The van der Waals surface area contributed by atoms with Gasteiger partial charge in [-0.15, -0.1) is 5.10 Å². The van der Waals surface area contributed by atoms with Crippen molar-refractivity contribution in [3.8, 4) is 11.8 Å². The molecule has 8 nitrogen and oxygen atoms in total. The third-order valence-corrected chi connectivity index (χ3v) is 6.07. The molecule has 2 aromatic rings. The third-order valence-electron chi connectivity index (χ3n) is 6.07. The van der Waals surface area contributed by atoms with Gasteiger partial charge in [0.15, 0.2) is 0 Å². The Morgan fingerprint density at radius 2 is 2.21 bits per heavy atom. The maximum atomic E-state index is 13.4. The number of carbonyl (C=O) groups is 1. The van der Waals surface area contributed by atoms with Gasteiger partial charge in [-0.2, -0.15) is 5.26 Å². The summed E-state index contributed by atoms with van der Waals surface area (Å²) in [5.41, 5.74) is 0.767. The van der Waals surface area contributed by atoms with Crippen molar-refractivity contribution >= 4 is 5.91 Å². The molecule has 0 spiro atoms. The highest BCUT2D eigenvalue weighted by Gasteiger charge is 2.46. The maximum absolute atomic E-state index is 13.4. The van der Waals surface area contributed by atoms with E-state index in [9.17, 15) is 10.1 Å². The minimum atomic E-state index is -0.441. The van der Waals surface area contributed by atoms with Gasteiger partial charge in [-0.05, 0) is 24.7 Å². The van der Waals surface area contributed by atoms with E-state index in [-0.39, 0.29) is 5.91 Å². The zero-order chi connectivity index (χ0) is 19.7. The van der Waals surface area contributed by atoms with Crippen LogP contribution in [0.3, 0.4) is 0 Å². The van der Waals surface area contributed by atoms with E-state index in [0.29, 0.717) is 42.8 Å². The zero-order valence-electron chi connectivity index (χ0n) is 16.2. The van der Waals surface area contributed by atoms with Crippen LogP contribution in [0.4, 0.5) is 0 Å². The fourth-order valence-corrected chi connectivity index (χ4v) is 4.22. The van der Waals surface area contributed by atoms with Crippen molar-refractivity contribution in [2.45, 2.75) is 39.8 Å². The van der Waals surface area contributed by atoms with Crippen LogP contribution in [0.5, 0.6) is 5.75 Å². The SMILES string of the molecule is CC(C)(C(=O)N1CCOc2c(C#N)cncc2C1)[C@H]1C[C@@H](Cn2ccnn2)C1. The van der Waals surface area contributed by atoms with E-state index in [2.05, 4.69) is 21.4 Å². The average Bonchev–Trinajstić information content (AvgIpc) is 3.07. The molecular weight excluding hydrogens is 356 g/mol. The summed E-state index contributed by atoms with van der Waals surface area (Å²) in [5.74, 6) is 1.58. The second kappa shape index (κ2) is 7.23. The fraction of sp³-hybridized carbons (Fsp3) is 0.550. The summed E-state index contributed by atoms with van der Waals surface area (Å²) in [5, 5.41) is 17.1. The molecule has 28 heavy (non-hydrogen) atoms. The van der Waals surface area contributed by atoms with Gasteiger partial charge >= 0.3 is 0 Å². The molecule has 3 heterocycles. The first kappa shape index (κ1) is 18.4. The van der Waals surface area contributed by atoms with Crippen molar-refractivity contribution in [2.75, 3.05) is 13.2 Å². The topological polar surface area (TPSA) is 96.9 Å². The molecule has 4 rings (SSSR count). The molecule has 1 fully saturated rings. The molecule has 0 N–H and O–H groups in total. The number of aromatic nitrogens is 4. The van der Waals surface area contributed by atoms with Crippen molar-refractivity contribution in [1.82, 2.24) is 24.9 Å². The highest BCUT2D eigenvalue weighted by molar-refractivity contribution is 5.82. The Labute approximate surface area is 164 Å². The molecule has 1 amide bonds. The number of rotatable bonds is 4. The van der Waals surface area contributed by atoms with Gasteiger partial charge in [-0.25, -0.2) is 0 Å². The molecule has 1 aliphatic heterocycles. The van der Waals surface area contributed by atoms with Crippen molar-refractivity contribution in [2.24, 2.45) is 17.3 Å². The molecule has 8 heteroatoms. The average molecular weight is 380 g/mol. The van der Waals surface area contributed by atoms with Crippen molar-refractivity contribution in [1.29, 1.82) is 5.26 Å². The van der Waals surface area contributed by atoms with Crippen LogP contribution in [0.25, 0.3) is 0 Å². The van der Waals surface area contributed by atoms with Crippen molar-refractivity contribution < 1.29 is 9.53 Å². The van der Waals surface area contributed by atoms with Gasteiger partial charge in [0.25, 0.3) is 0 Å². The first-order valence-electron chi connectivity index (χ1n) is 9.62. The molecule has 146 valence electrons. The predicted octanol–water partition coefficient (Wildman–Crippen LogP) is 2.02. The largest absolute Gasteiger partial charge is 0.490 e. The maximum Gasteiger partial charge on any atom is 0.228 e. The van der Waals surface area contributed by atoms with Crippen molar-refractivity contribution in [3.05, 3.63) is 35.9 Å². The lowest BCUT2D eigenvalue weighted by Gasteiger charge is -2.46. The second-order valence-corrected chi connectivity index (χ2v) is 8.24. The van der Waals surface area contributed by atoms with Crippen LogP contribution in [0.15, 0.2) is 24.8 Å². The Hall–Kier alpha value is -2.95. The number of hydrogen-bond donors (Lipinski definition) is 0. The minimum absolute atomic E-state index is 0.135. The number of hydrogen-bond acceptors (Lipinski definition) is 6. The molecule has 0 unspecified atom stereocenters. The number of nitrogens with zero attached hydrogens (tertiary/aromatic N) is 6. The van der Waals surface area contributed by atoms with Crippen LogP contribution >= 0.6 is 0 Å². The van der Waals surface area contributed by atoms with Gasteiger partial charge in [-0.3, -0.25) is 14.5 Å². The molecule has 2 aromatic heterocycles. The van der Waals surface area contributed by atoms with Crippen LogP contribution in [-0.2, 0) is 17.9 Å². The standard InChI is InChI=1S/C20H24N6O2/c1-20(2,17-7-14(8-17)12-26-4-3-23-24-26)19(27)25-5-6-28-18-15(9-21)10-22-11-16(18)13-25/h3-4,10-11,14,17H,5-8,12-13H2,1-2H3/t14-,17+. The third kappa shape index (κ3) is 3.33. The predicted molar refractivity (Wildman–Crippen MR) is 99.9 cm³/mol. The van der Waals surface area contributed by atoms with Crippen LogP contribution < -0.4 is 4.74 Å². The van der Waals surface area contributed by atoms with E-state index >= 15 is 0 Å². The second-order valence-electron chi connectivity index (χ2n) is 8.24. The Morgan fingerprint density at radius 1 is 1.39 bits per heavy atom. The molecule has 0 saturated heterocycles. The van der Waals surface area contributed by atoms with Crippen LogP contribution in [0, 0.1) is 28.6 Å². The van der Waals surface area contributed by atoms with Crippen LogP contribution in [-0.4, -0.2) is 43.9 Å². The van der Waals surface area contributed by atoms with E-state index in [1.807, 2.05) is 29.6 Å². The number of ether oxygens (including phenoxy) is 1. The highest BCUT2D eigenvalue weighted by atomic mass is 16.5. The number of pyridine rings is 1. The lowest BCUT2D eigenvalue weighted by Crippen LogP contribution is -2.49. The summed E-state index contributed by atoms with van der Waals surface area (Å²) in [6.45, 7) is 6.26. The first-order chi connectivity index (χ1) is 13.5. The van der Waals surface area contributed by atoms with E-state index in [1.54, 1.807) is 12.4 Å². The van der Waals surface area contributed by atoms with E-state index < -0.39 is 5.41 Å². The van der Waals surface area contributed by atoms with Gasteiger partial charge in [0, 0.05) is 36.1 Å². The number of carbonyl (C=O) groups excluding carboxylic acids is 1. The monoisotopic (exact) mass is 380 g/mol. The summed E-state index contributed by atoms with van der Waals surface area (Å²) in [6, 6.07) is 2.11. The van der Waals surface area contributed by atoms with Gasteiger partial charge in [0.05, 0.1) is 19.3 Å². The summed E-state index contributed by atoms with van der Waals surface area (Å²) < 4.78 is 7.63. The Bertz CT molecular complexity index is 896. The molecule has 2 aliphatic rings. The van der Waals surface area contributed by atoms with E-state index in [0.717, 1.165) is 24.9 Å². The van der Waals surface area contributed by atoms with Gasteiger partial charge in [0.2, 0.25) is 5.91 Å². The lowest BCUT2D eigenvalue weighted by molar-refractivity contribution is -0.147. The van der Waals surface area contributed by atoms with Gasteiger partial charge in [0.1, 0.15) is 24.0 Å². The van der Waals surface area contributed by atoms with E-state index in [1.165, 1.54) is 6.20 Å². The molecule has 0 atom stereocenters. The summed E-state index contributed by atoms with van der Waals surface area (Å²) in [6.07, 6.45) is 8.78. The summed E-state index contributed by atoms with van der Waals surface area (Å²) in [7, 11) is 0. The van der Waals surface area contributed by atoms with Crippen LogP contribution in [0.2, 0.25) is 0 Å². The Balaban J connectivity index is 1.42. The van der Waals surface area contributed by atoms with E-state index in [4.69, 9.17) is 4.74 Å². The Kier molecular flexibility index (Phi) is 4.75. The minimum Gasteiger partial charge on any atom is -0.490 e. The number of amides is 1. The molecule has 1 saturated carbocycles. The normalized spacial score (nSPS) is 21.7. The number of nitriles is 1. The smallest absolute Gasteiger partial charge is 0.228 e. The Morgan fingerprint density at radius 3 is 2.93 bits per heavy atom. The molecular formula is C20H24N6O2. The van der Waals surface area contributed by atoms with Crippen molar-refractivity contribution in [3.63, 3.8) is 0 Å². The zero-order valence-corrected chi connectivity index (χ0v) is 16.2. The molecule has 0 aromatic carbocycles. The first-order valence-corrected chi connectivity index (χ1v) is 9.62. The fourth-order valence-electron chi connectivity index (χ4n) is 4.22. The quantitative estimate of drug-likeness (QED) is 0.805. The summed E-state index contributed by atoms with van der Waals surface area (Å²) >= 11 is 0. The highest BCUT2D eigenvalue weighted by Crippen LogP contribution is 2.47.